The molecule has 0 aliphatic rings. The first kappa shape index (κ1) is 15.0. The average molecular weight is 287 g/mol. The number of aromatic nitrogens is 1. The predicted octanol–water partition coefficient (Wildman–Crippen LogP) is 2.94. The minimum atomic E-state index is 0.216. The van der Waals surface area contributed by atoms with Crippen LogP contribution in [0.4, 0.5) is 0 Å². The zero-order valence-corrected chi connectivity index (χ0v) is 12.8. The number of hydrogen-bond acceptors (Lipinski definition) is 4. The number of nitrogens with two attached hydrogens (primary N) is 1. The lowest BCUT2D eigenvalue weighted by Gasteiger charge is -2.27. The maximum Gasteiger partial charge on any atom is 0.0544 e. The quantitative estimate of drug-likeness (QED) is 0.830. The summed E-state index contributed by atoms with van der Waals surface area (Å²) in [7, 11) is 2.09. The Morgan fingerprint density at radius 1 is 1.20 bits per heavy atom. The maximum absolute atomic E-state index is 5.96. The number of thioether (sulfide) groups is 1. The zero-order chi connectivity index (χ0) is 14.4. The van der Waals surface area contributed by atoms with Gasteiger partial charge in [-0.3, -0.25) is 9.88 Å². The van der Waals surface area contributed by atoms with Crippen LogP contribution >= 0.6 is 11.8 Å². The van der Waals surface area contributed by atoms with Crippen molar-refractivity contribution in [1.29, 1.82) is 0 Å². The summed E-state index contributed by atoms with van der Waals surface area (Å²) < 4.78 is 0. The first-order valence-electron chi connectivity index (χ1n) is 6.68. The summed E-state index contributed by atoms with van der Waals surface area (Å²) in [6.07, 6.45) is 3.91. The van der Waals surface area contributed by atoms with Crippen molar-refractivity contribution in [2.45, 2.75) is 17.5 Å². The van der Waals surface area contributed by atoms with E-state index in [2.05, 4.69) is 47.5 Å². The van der Waals surface area contributed by atoms with Gasteiger partial charge in [-0.1, -0.05) is 18.2 Å². The van der Waals surface area contributed by atoms with Gasteiger partial charge in [0, 0.05) is 30.2 Å². The highest BCUT2D eigenvalue weighted by molar-refractivity contribution is 7.98. The van der Waals surface area contributed by atoms with Gasteiger partial charge in [0.15, 0.2) is 0 Å². The summed E-state index contributed by atoms with van der Waals surface area (Å²) in [6, 6.07) is 14.8. The molecule has 4 heteroatoms. The third-order valence-electron chi connectivity index (χ3n) is 3.39. The van der Waals surface area contributed by atoms with Gasteiger partial charge in [0.25, 0.3) is 0 Å². The van der Waals surface area contributed by atoms with Crippen molar-refractivity contribution < 1.29 is 0 Å². The Morgan fingerprint density at radius 2 is 1.95 bits per heavy atom. The second-order valence-corrected chi connectivity index (χ2v) is 5.64. The molecule has 0 aliphatic carbocycles. The molecule has 1 heterocycles. The molecule has 106 valence electrons. The van der Waals surface area contributed by atoms with Gasteiger partial charge in [-0.05, 0) is 43.1 Å². The molecule has 2 aromatic rings. The molecule has 1 atom stereocenters. The van der Waals surface area contributed by atoms with E-state index >= 15 is 0 Å². The number of likely N-dealkylation sites (N-methyl/N-ethyl adjacent to an activating group) is 1. The summed E-state index contributed by atoms with van der Waals surface area (Å²) >= 11 is 1.75. The second kappa shape index (κ2) is 7.43. The lowest BCUT2D eigenvalue weighted by Crippen LogP contribution is -2.30. The van der Waals surface area contributed by atoms with Crippen LogP contribution in [0, 0.1) is 0 Å². The highest BCUT2D eigenvalue weighted by atomic mass is 32.2. The van der Waals surface area contributed by atoms with Crippen LogP contribution in [0.1, 0.15) is 17.3 Å². The van der Waals surface area contributed by atoms with E-state index in [1.807, 2.05) is 24.4 Å². The van der Waals surface area contributed by atoms with Gasteiger partial charge in [-0.2, -0.15) is 0 Å². The molecule has 20 heavy (non-hydrogen) atoms. The normalized spacial score (nSPS) is 12.6. The minimum Gasteiger partial charge on any atom is -0.329 e. The van der Waals surface area contributed by atoms with Gasteiger partial charge in [-0.15, -0.1) is 11.8 Å². The molecule has 1 aromatic carbocycles. The Morgan fingerprint density at radius 3 is 2.50 bits per heavy atom. The highest BCUT2D eigenvalue weighted by Gasteiger charge is 2.15. The maximum atomic E-state index is 5.96. The van der Waals surface area contributed by atoms with Crippen LogP contribution in [-0.2, 0) is 6.54 Å². The molecule has 2 rings (SSSR count). The van der Waals surface area contributed by atoms with Gasteiger partial charge in [0.05, 0.1) is 5.69 Å². The lowest BCUT2D eigenvalue weighted by atomic mass is 10.1. The van der Waals surface area contributed by atoms with E-state index in [0.717, 1.165) is 12.2 Å². The number of rotatable bonds is 6. The molecule has 1 unspecified atom stereocenters. The van der Waals surface area contributed by atoms with Crippen LogP contribution < -0.4 is 5.73 Å². The second-order valence-electron chi connectivity index (χ2n) is 4.76. The molecule has 0 spiro atoms. The molecule has 0 amide bonds. The topological polar surface area (TPSA) is 42.1 Å². The largest absolute Gasteiger partial charge is 0.329 e. The third-order valence-corrected chi connectivity index (χ3v) is 4.14. The molecule has 0 bridgehead atoms. The molecule has 0 saturated heterocycles. The van der Waals surface area contributed by atoms with E-state index in [4.69, 9.17) is 5.73 Å². The van der Waals surface area contributed by atoms with Crippen LogP contribution in [0.15, 0.2) is 53.6 Å². The molecule has 3 nitrogen and oxygen atoms in total. The predicted molar refractivity (Wildman–Crippen MR) is 85.7 cm³/mol. The number of nitrogens with zero attached hydrogens (tertiary/aromatic N) is 2. The molecule has 0 aliphatic heterocycles. The van der Waals surface area contributed by atoms with Crippen molar-refractivity contribution in [1.82, 2.24) is 9.88 Å². The fraction of sp³-hybridized carbons (Fsp3) is 0.312. The number of benzene rings is 1. The molecule has 0 fully saturated rings. The van der Waals surface area contributed by atoms with E-state index in [0.29, 0.717) is 6.54 Å². The van der Waals surface area contributed by atoms with Gasteiger partial charge in [-0.25, -0.2) is 0 Å². The van der Waals surface area contributed by atoms with Crippen molar-refractivity contribution in [3.63, 3.8) is 0 Å². The van der Waals surface area contributed by atoms with Crippen molar-refractivity contribution >= 4 is 11.8 Å². The smallest absolute Gasteiger partial charge is 0.0544 e. The number of hydrogen-bond donors (Lipinski definition) is 1. The molecule has 0 radical (unpaired) electrons. The monoisotopic (exact) mass is 287 g/mol. The first-order valence-corrected chi connectivity index (χ1v) is 7.91. The van der Waals surface area contributed by atoms with Crippen LogP contribution in [0.5, 0.6) is 0 Å². The Bertz CT molecular complexity index is 513. The molecule has 2 N–H and O–H groups in total. The van der Waals surface area contributed by atoms with Crippen molar-refractivity contribution in [2.24, 2.45) is 5.73 Å². The molecule has 1 aromatic heterocycles. The van der Waals surface area contributed by atoms with Crippen molar-refractivity contribution in [2.75, 3.05) is 19.8 Å². The van der Waals surface area contributed by atoms with Crippen LogP contribution in [0.3, 0.4) is 0 Å². The molecular formula is C16H21N3S. The van der Waals surface area contributed by atoms with Gasteiger partial charge in [0.2, 0.25) is 0 Å². The van der Waals surface area contributed by atoms with E-state index in [-0.39, 0.29) is 6.04 Å². The van der Waals surface area contributed by atoms with Gasteiger partial charge < -0.3 is 5.73 Å². The summed E-state index contributed by atoms with van der Waals surface area (Å²) in [4.78, 5) is 7.89. The van der Waals surface area contributed by atoms with Gasteiger partial charge in [0.1, 0.15) is 0 Å². The first-order chi connectivity index (χ1) is 9.74. The van der Waals surface area contributed by atoms with Crippen LogP contribution in [0.2, 0.25) is 0 Å². The zero-order valence-electron chi connectivity index (χ0n) is 12.0. The Labute approximate surface area is 125 Å². The molecule has 0 saturated carbocycles. The van der Waals surface area contributed by atoms with Crippen LogP contribution in [-0.4, -0.2) is 29.7 Å². The van der Waals surface area contributed by atoms with E-state index in [1.165, 1.54) is 10.5 Å². The summed E-state index contributed by atoms with van der Waals surface area (Å²) in [6.45, 7) is 1.40. The summed E-state index contributed by atoms with van der Waals surface area (Å²) in [5, 5.41) is 0. The number of pyridine rings is 1. The lowest BCUT2D eigenvalue weighted by molar-refractivity contribution is 0.239. The van der Waals surface area contributed by atoms with E-state index in [9.17, 15) is 0 Å². The van der Waals surface area contributed by atoms with E-state index < -0.39 is 0 Å². The Balaban J connectivity index is 2.10. The fourth-order valence-corrected chi connectivity index (χ4v) is 2.66. The summed E-state index contributed by atoms with van der Waals surface area (Å²) in [5.74, 6) is 0. The fourth-order valence-electron chi connectivity index (χ4n) is 2.25. The van der Waals surface area contributed by atoms with Crippen LogP contribution in [0.25, 0.3) is 0 Å². The average Bonchev–Trinajstić information content (AvgIpc) is 2.49. The van der Waals surface area contributed by atoms with Gasteiger partial charge >= 0.3 is 0 Å². The Hall–Kier alpha value is -1.36. The Kier molecular flexibility index (Phi) is 5.59. The summed E-state index contributed by atoms with van der Waals surface area (Å²) in [5.41, 5.74) is 8.28. The minimum absolute atomic E-state index is 0.216. The highest BCUT2D eigenvalue weighted by Crippen LogP contribution is 2.23. The molecular weight excluding hydrogens is 266 g/mol. The van der Waals surface area contributed by atoms with Crippen molar-refractivity contribution in [3.05, 3.63) is 59.9 Å². The standard InChI is InChI=1S/C16H21N3S/c1-19(12-14-5-3-4-10-18-14)16(11-17)13-6-8-15(20-2)9-7-13/h3-10,16H,11-12,17H2,1-2H3. The van der Waals surface area contributed by atoms with Crippen molar-refractivity contribution in [3.8, 4) is 0 Å². The SMILES string of the molecule is CSc1ccc(C(CN)N(C)Cc2ccccn2)cc1. The third kappa shape index (κ3) is 3.82. The van der Waals surface area contributed by atoms with E-state index in [1.54, 1.807) is 11.8 Å².